The van der Waals surface area contributed by atoms with Crippen molar-refractivity contribution in [1.29, 1.82) is 0 Å². The van der Waals surface area contributed by atoms with Crippen molar-refractivity contribution in [3.05, 3.63) is 58.9 Å². The maximum absolute atomic E-state index is 12.8. The number of nitrogens with zero attached hydrogens (tertiary/aromatic N) is 3. The molecular formula is C23H25ClN4O3. The van der Waals surface area contributed by atoms with Crippen LogP contribution in [0.5, 0.6) is 5.75 Å². The van der Waals surface area contributed by atoms with Crippen molar-refractivity contribution < 1.29 is 14.1 Å². The van der Waals surface area contributed by atoms with Gasteiger partial charge in [-0.15, -0.1) is 0 Å². The van der Waals surface area contributed by atoms with Crippen LogP contribution >= 0.6 is 11.6 Å². The number of piperidine rings is 1. The maximum Gasteiger partial charge on any atom is 0.257 e. The summed E-state index contributed by atoms with van der Waals surface area (Å²) >= 11 is 6.16. The number of hydrogen-bond donors (Lipinski definition) is 1. The zero-order valence-electron chi connectivity index (χ0n) is 17.6. The Hall–Kier alpha value is -2.90. The van der Waals surface area contributed by atoms with Gasteiger partial charge in [0, 0.05) is 17.8 Å². The number of nitrogens with one attached hydrogen (secondary N) is 1. The summed E-state index contributed by atoms with van der Waals surface area (Å²) < 4.78 is 10.6. The monoisotopic (exact) mass is 440 g/mol. The van der Waals surface area contributed by atoms with E-state index in [4.69, 9.17) is 20.9 Å². The fourth-order valence-corrected chi connectivity index (χ4v) is 3.99. The summed E-state index contributed by atoms with van der Waals surface area (Å²) in [6.45, 7) is 4.12. The average Bonchev–Trinajstić information content (AvgIpc) is 3.23. The number of benzene rings is 2. The Labute approximate surface area is 186 Å². The number of aryl methyl sites for hydroxylation is 1. The van der Waals surface area contributed by atoms with Gasteiger partial charge in [0.2, 0.25) is 5.91 Å². The van der Waals surface area contributed by atoms with Crippen molar-refractivity contribution in [2.75, 3.05) is 25.5 Å². The van der Waals surface area contributed by atoms with E-state index in [9.17, 15) is 4.79 Å². The van der Waals surface area contributed by atoms with Crippen molar-refractivity contribution >= 4 is 23.2 Å². The number of carbonyl (C=O) groups is 1. The van der Waals surface area contributed by atoms with Crippen LogP contribution in [0.15, 0.2) is 47.0 Å². The minimum Gasteiger partial charge on any atom is -0.495 e. The van der Waals surface area contributed by atoms with Crippen LogP contribution < -0.4 is 10.1 Å². The number of hydrogen-bond acceptors (Lipinski definition) is 6. The van der Waals surface area contributed by atoms with E-state index in [-0.39, 0.29) is 11.8 Å². The second-order valence-corrected chi connectivity index (χ2v) is 8.20. The van der Waals surface area contributed by atoms with Gasteiger partial charge in [0.1, 0.15) is 5.75 Å². The maximum atomic E-state index is 12.8. The largest absolute Gasteiger partial charge is 0.495 e. The van der Waals surface area contributed by atoms with Crippen LogP contribution in [0.25, 0.3) is 11.5 Å². The Bertz CT molecular complexity index is 1050. The van der Waals surface area contributed by atoms with Crippen LogP contribution in [0.1, 0.15) is 24.2 Å². The van der Waals surface area contributed by atoms with E-state index in [1.807, 2.05) is 31.2 Å². The molecule has 162 valence electrons. The predicted octanol–water partition coefficient (Wildman–Crippen LogP) is 4.56. The molecule has 1 aliphatic heterocycles. The van der Waals surface area contributed by atoms with E-state index in [1.54, 1.807) is 25.3 Å². The molecule has 8 heteroatoms. The molecule has 3 aromatic rings. The lowest BCUT2D eigenvalue weighted by Gasteiger charge is -2.31. The zero-order valence-corrected chi connectivity index (χ0v) is 18.4. The standard InChI is InChI=1S/C23H25ClN4O3/c1-15-5-7-16(8-6-15)23-26-21(27-31-23)14-28-11-3-4-17(13-28)22(29)25-18-9-10-20(30-2)19(24)12-18/h5-10,12,17H,3-4,11,13-14H2,1-2H3,(H,25,29)/t17-/m1/s1. The van der Waals surface area contributed by atoms with Crippen LogP contribution in [0.4, 0.5) is 5.69 Å². The first-order valence-corrected chi connectivity index (χ1v) is 10.7. The summed E-state index contributed by atoms with van der Waals surface area (Å²) in [6.07, 6.45) is 1.78. The number of likely N-dealkylation sites (tertiary alicyclic amines) is 1. The second kappa shape index (κ2) is 9.49. The highest BCUT2D eigenvalue weighted by Gasteiger charge is 2.27. The molecule has 1 fully saturated rings. The predicted molar refractivity (Wildman–Crippen MR) is 119 cm³/mol. The lowest BCUT2D eigenvalue weighted by Crippen LogP contribution is -2.40. The molecule has 1 saturated heterocycles. The highest BCUT2D eigenvalue weighted by atomic mass is 35.5. The first-order chi connectivity index (χ1) is 15.0. The molecule has 1 aromatic heterocycles. The van der Waals surface area contributed by atoms with Crippen LogP contribution in [0.2, 0.25) is 5.02 Å². The van der Waals surface area contributed by atoms with Gasteiger partial charge in [0.05, 0.1) is 24.6 Å². The van der Waals surface area contributed by atoms with Crippen molar-refractivity contribution in [2.45, 2.75) is 26.3 Å². The number of methoxy groups -OCH3 is 1. The van der Waals surface area contributed by atoms with Gasteiger partial charge in [-0.25, -0.2) is 0 Å². The zero-order chi connectivity index (χ0) is 21.8. The van der Waals surface area contributed by atoms with E-state index in [0.717, 1.165) is 24.9 Å². The highest BCUT2D eigenvalue weighted by Crippen LogP contribution is 2.28. The summed E-state index contributed by atoms with van der Waals surface area (Å²) in [5.74, 6) is 1.59. The Kier molecular flexibility index (Phi) is 6.53. The summed E-state index contributed by atoms with van der Waals surface area (Å²) in [5.41, 5.74) is 2.74. The van der Waals surface area contributed by atoms with Crippen molar-refractivity contribution in [2.24, 2.45) is 5.92 Å². The first-order valence-electron chi connectivity index (χ1n) is 10.3. The number of anilines is 1. The minimum absolute atomic E-state index is 0.0145. The molecule has 2 heterocycles. The van der Waals surface area contributed by atoms with Gasteiger partial charge in [-0.2, -0.15) is 4.98 Å². The van der Waals surface area contributed by atoms with E-state index in [2.05, 4.69) is 20.4 Å². The molecule has 0 bridgehead atoms. The number of aromatic nitrogens is 2. The number of carbonyl (C=O) groups excluding carboxylic acids is 1. The topological polar surface area (TPSA) is 80.5 Å². The van der Waals surface area contributed by atoms with Crippen LogP contribution in [0, 0.1) is 12.8 Å². The molecule has 0 saturated carbocycles. The van der Waals surface area contributed by atoms with Crippen molar-refractivity contribution in [3.8, 4) is 17.2 Å². The summed E-state index contributed by atoms with van der Waals surface area (Å²) in [4.78, 5) is 19.5. The van der Waals surface area contributed by atoms with Crippen LogP contribution in [-0.2, 0) is 11.3 Å². The molecule has 1 N–H and O–H groups in total. The number of rotatable bonds is 6. The smallest absolute Gasteiger partial charge is 0.257 e. The van der Waals surface area contributed by atoms with Gasteiger partial charge in [0.15, 0.2) is 5.82 Å². The average molecular weight is 441 g/mol. The summed E-state index contributed by atoms with van der Waals surface area (Å²) in [7, 11) is 1.56. The summed E-state index contributed by atoms with van der Waals surface area (Å²) in [6, 6.07) is 13.2. The van der Waals surface area contributed by atoms with Crippen LogP contribution in [-0.4, -0.2) is 41.1 Å². The Balaban J connectivity index is 1.36. The van der Waals surface area contributed by atoms with Crippen molar-refractivity contribution in [1.82, 2.24) is 15.0 Å². The third-order valence-electron chi connectivity index (χ3n) is 5.43. The SMILES string of the molecule is COc1ccc(NC(=O)[C@@H]2CCCN(Cc3noc(-c4ccc(C)cc4)n3)C2)cc1Cl. The van der Waals surface area contributed by atoms with Gasteiger partial charge < -0.3 is 14.6 Å². The molecule has 0 radical (unpaired) electrons. The number of ether oxygens (including phenoxy) is 1. The molecule has 1 amide bonds. The van der Waals surface area contributed by atoms with E-state index >= 15 is 0 Å². The molecule has 4 rings (SSSR count). The number of halogens is 1. The molecule has 0 unspecified atom stereocenters. The number of amides is 1. The Morgan fingerprint density at radius 3 is 2.84 bits per heavy atom. The third-order valence-corrected chi connectivity index (χ3v) is 5.72. The first kappa shape index (κ1) is 21.3. The van der Waals surface area contributed by atoms with Crippen LogP contribution in [0.3, 0.4) is 0 Å². The highest BCUT2D eigenvalue weighted by molar-refractivity contribution is 6.32. The van der Waals surface area contributed by atoms with Gasteiger partial charge in [-0.1, -0.05) is 34.5 Å². The second-order valence-electron chi connectivity index (χ2n) is 7.79. The molecule has 0 aliphatic carbocycles. The minimum atomic E-state index is -0.113. The molecule has 7 nitrogen and oxygen atoms in total. The van der Waals surface area contributed by atoms with E-state index in [1.165, 1.54) is 5.56 Å². The van der Waals surface area contributed by atoms with Gasteiger partial charge in [-0.3, -0.25) is 9.69 Å². The molecule has 2 aromatic carbocycles. The molecular weight excluding hydrogens is 416 g/mol. The fourth-order valence-electron chi connectivity index (χ4n) is 3.73. The molecule has 0 spiro atoms. The van der Waals surface area contributed by atoms with Gasteiger partial charge in [0.25, 0.3) is 5.89 Å². The molecule has 31 heavy (non-hydrogen) atoms. The van der Waals surface area contributed by atoms with E-state index < -0.39 is 0 Å². The quantitative estimate of drug-likeness (QED) is 0.605. The lowest BCUT2D eigenvalue weighted by molar-refractivity contribution is -0.121. The normalized spacial score (nSPS) is 16.8. The van der Waals surface area contributed by atoms with Gasteiger partial charge >= 0.3 is 0 Å². The summed E-state index contributed by atoms with van der Waals surface area (Å²) in [5, 5.41) is 7.55. The van der Waals surface area contributed by atoms with Gasteiger partial charge in [-0.05, 0) is 56.6 Å². The third kappa shape index (κ3) is 5.24. The Morgan fingerprint density at radius 1 is 1.29 bits per heavy atom. The van der Waals surface area contributed by atoms with Crippen molar-refractivity contribution in [3.63, 3.8) is 0 Å². The molecule has 1 aliphatic rings. The van der Waals surface area contributed by atoms with E-state index in [0.29, 0.717) is 41.3 Å². The lowest BCUT2D eigenvalue weighted by atomic mass is 9.97. The Morgan fingerprint density at radius 2 is 2.10 bits per heavy atom. The fraction of sp³-hybridized carbons (Fsp3) is 0.348. The molecule has 1 atom stereocenters.